The zero-order chi connectivity index (χ0) is 25.8. The second kappa shape index (κ2) is 11.2. The Kier molecular flexibility index (Phi) is 7.55. The lowest BCUT2D eigenvalue weighted by molar-refractivity contribution is 0.0639. The van der Waals surface area contributed by atoms with E-state index in [4.69, 9.17) is 9.47 Å². The summed E-state index contributed by atoms with van der Waals surface area (Å²) < 4.78 is 40.9. The van der Waals surface area contributed by atoms with Gasteiger partial charge in [0.2, 0.25) is 0 Å². The summed E-state index contributed by atoms with van der Waals surface area (Å²) in [6.45, 7) is 5.26. The number of aromatic nitrogens is 4. The van der Waals surface area contributed by atoms with Gasteiger partial charge in [-0.2, -0.15) is 5.10 Å². The van der Waals surface area contributed by atoms with Gasteiger partial charge in [0, 0.05) is 53.9 Å². The van der Waals surface area contributed by atoms with E-state index in [1.807, 2.05) is 6.07 Å². The van der Waals surface area contributed by atoms with Crippen molar-refractivity contribution in [2.75, 3.05) is 13.2 Å². The average molecular weight is 505 g/mol. The summed E-state index contributed by atoms with van der Waals surface area (Å²) in [5.41, 5.74) is 3.73. The van der Waals surface area contributed by atoms with Gasteiger partial charge in [-0.05, 0) is 81.3 Å². The van der Waals surface area contributed by atoms with E-state index in [0.717, 1.165) is 44.6 Å². The maximum absolute atomic E-state index is 15.1. The van der Waals surface area contributed by atoms with Crippen molar-refractivity contribution in [2.45, 2.75) is 45.6 Å². The molecule has 1 saturated heterocycles. The highest BCUT2D eigenvalue weighted by atomic mass is 19.1. The van der Waals surface area contributed by atoms with E-state index in [2.05, 4.69) is 20.2 Å². The Bertz CT molecular complexity index is 1370. The minimum atomic E-state index is -0.529. The maximum atomic E-state index is 15.1. The number of nitrogens with zero attached hydrogens (tertiary/aromatic N) is 3. The van der Waals surface area contributed by atoms with E-state index in [-0.39, 0.29) is 0 Å². The highest BCUT2D eigenvalue weighted by Crippen LogP contribution is 2.30. The first kappa shape index (κ1) is 25.0. The van der Waals surface area contributed by atoms with Crippen molar-refractivity contribution in [3.63, 3.8) is 0 Å². The Balaban J connectivity index is 1.30. The van der Waals surface area contributed by atoms with Crippen molar-refractivity contribution in [3.8, 4) is 5.75 Å². The molecule has 0 aliphatic carbocycles. The summed E-state index contributed by atoms with van der Waals surface area (Å²) in [4.78, 5) is 8.34. The molecule has 3 aromatic heterocycles. The normalized spacial score (nSPS) is 15.7. The third-order valence-electron chi connectivity index (χ3n) is 6.93. The lowest BCUT2D eigenvalue weighted by atomic mass is 9.94. The average Bonchev–Trinajstić information content (AvgIpc) is 3.30. The van der Waals surface area contributed by atoms with Crippen LogP contribution in [0.4, 0.5) is 8.78 Å². The molecule has 1 aliphatic rings. The number of benzene rings is 1. The van der Waals surface area contributed by atoms with Gasteiger partial charge in [0.1, 0.15) is 23.5 Å². The first-order chi connectivity index (χ1) is 18.0. The van der Waals surface area contributed by atoms with E-state index in [1.54, 1.807) is 50.5 Å². The fourth-order valence-corrected chi connectivity index (χ4v) is 4.82. The molecule has 5 rings (SSSR count). The summed E-state index contributed by atoms with van der Waals surface area (Å²) in [6.07, 6.45) is 9.39. The Labute approximate surface area is 214 Å². The fourth-order valence-electron chi connectivity index (χ4n) is 4.82. The number of halogens is 2. The van der Waals surface area contributed by atoms with Crippen LogP contribution in [0.25, 0.3) is 22.8 Å². The molecule has 4 aromatic rings. The molecule has 192 valence electrons. The molecule has 1 N–H and O–H groups in total. The van der Waals surface area contributed by atoms with Crippen molar-refractivity contribution in [3.05, 3.63) is 82.8 Å². The molecule has 0 bridgehead atoms. The van der Waals surface area contributed by atoms with Crippen LogP contribution in [-0.4, -0.2) is 33.4 Å². The Morgan fingerprint density at radius 2 is 2.03 bits per heavy atom. The van der Waals surface area contributed by atoms with Crippen molar-refractivity contribution in [1.29, 1.82) is 0 Å². The topological polar surface area (TPSA) is 72.9 Å². The van der Waals surface area contributed by atoms with Crippen molar-refractivity contribution >= 4 is 22.8 Å². The number of nitrogens with one attached hydrogen (secondary N) is 1. The highest BCUT2D eigenvalue weighted by Gasteiger charge is 2.17. The summed E-state index contributed by atoms with van der Waals surface area (Å²) in [7, 11) is 0. The molecule has 0 amide bonds. The van der Waals surface area contributed by atoms with Gasteiger partial charge in [0.05, 0.1) is 17.4 Å². The molecule has 6 nitrogen and oxygen atoms in total. The fraction of sp³-hybridized carbons (Fsp3) is 0.345. The van der Waals surface area contributed by atoms with Crippen LogP contribution in [0.15, 0.2) is 48.9 Å². The van der Waals surface area contributed by atoms with E-state index in [9.17, 15) is 4.39 Å². The molecule has 1 aliphatic heterocycles. The molecule has 0 spiro atoms. The molecule has 1 fully saturated rings. The van der Waals surface area contributed by atoms with Gasteiger partial charge in [-0.1, -0.05) is 0 Å². The number of fused-ring (bicyclic) bond motifs is 1. The number of pyridine rings is 2. The largest absolute Gasteiger partial charge is 0.486 e. The van der Waals surface area contributed by atoms with Gasteiger partial charge in [0.25, 0.3) is 0 Å². The van der Waals surface area contributed by atoms with E-state index in [0.29, 0.717) is 45.0 Å². The monoisotopic (exact) mass is 504 g/mol. The summed E-state index contributed by atoms with van der Waals surface area (Å²) in [5, 5.41) is 7.86. The third-order valence-corrected chi connectivity index (χ3v) is 6.93. The molecule has 0 radical (unpaired) electrons. The first-order valence-electron chi connectivity index (χ1n) is 12.6. The summed E-state index contributed by atoms with van der Waals surface area (Å²) >= 11 is 0. The quantitative estimate of drug-likeness (QED) is 0.287. The predicted octanol–water partition coefficient (Wildman–Crippen LogP) is 6.77. The second-order valence-electron chi connectivity index (χ2n) is 9.55. The third kappa shape index (κ3) is 5.85. The number of ether oxygens (including phenoxy) is 2. The number of hydrogen-bond donors (Lipinski definition) is 1. The SMILES string of the molecule is Cc1cncc(F)c1C(C)Oc1ccc2n[nH]c(/C=C(\F)c3ccc(CCC4CCOCC4)nc3)c2c1. The summed E-state index contributed by atoms with van der Waals surface area (Å²) in [5.74, 6) is 0.377. The number of rotatable bonds is 8. The number of hydrogen-bond acceptors (Lipinski definition) is 5. The molecule has 4 heterocycles. The number of aromatic amines is 1. The van der Waals surface area contributed by atoms with Gasteiger partial charge >= 0.3 is 0 Å². The highest BCUT2D eigenvalue weighted by molar-refractivity contribution is 5.91. The van der Waals surface area contributed by atoms with Gasteiger partial charge in [-0.3, -0.25) is 15.1 Å². The van der Waals surface area contributed by atoms with Crippen LogP contribution in [-0.2, 0) is 11.2 Å². The van der Waals surface area contributed by atoms with Gasteiger partial charge in [-0.25, -0.2) is 8.78 Å². The zero-order valence-corrected chi connectivity index (χ0v) is 21.0. The van der Waals surface area contributed by atoms with Crippen LogP contribution in [0, 0.1) is 18.7 Å². The Morgan fingerprint density at radius 3 is 2.78 bits per heavy atom. The molecule has 0 saturated carbocycles. The standard InChI is InChI=1S/C29H30F2N4O2/c1-18-15-32-17-26(31)29(18)19(2)37-23-7-8-27-24(13-23)28(35-34-27)14-25(30)21-4-6-22(33-16-21)5-3-20-9-11-36-12-10-20/h4,6-8,13-17,19-20H,3,5,9-12H2,1-2H3,(H,34,35)/b25-14-. The smallest absolute Gasteiger partial charge is 0.148 e. The van der Waals surface area contributed by atoms with Crippen LogP contribution in [0.1, 0.15) is 60.4 Å². The van der Waals surface area contributed by atoms with Crippen LogP contribution < -0.4 is 4.74 Å². The van der Waals surface area contributed by atoms with Gasteiger partial charge in [-0.15, -0.1) is 0 Å². The first-order valence-corrected chi connectivity index (χ1v) is 12.6. The van der Waals surface area contributed by atoms with Gasteiger partial charge in [0.15, 0.2) is 0 Å². The number of aryl methyl sites for hydroxylation is 2. The van der Waals surface area contributed by atoms with Crippen LogP contribution in [0.2, 0.25) is 0 Å². The van der Waals surface area contributed by atoms with E-state index < -0.39 is 17.7 Å². The molecular formula is C29H30F2N4O2. The summed E-state index contributed by atoms with van der Waals surface area (Å²) in [6, 6.07) is 8.98. The van der Waals surface area contributed by atoms with Crippen LogP contribution in [0.5, 0.6) is 5.75 Å². The molecule has 1 aromatic carbocycles. The minimum absolute atomic E-state index is 0.405. The van der Waals surface area contributed by atoms with Crippen LogP contribution in [0.3, 0.4) is 0 Å². The van der Waals surface area contributed by atoms with E-state index >= 15 is 4.39 Å². The van der Waals surface area contributed by atoms with Crippen molar-refractivity contribution in [2.24, 2.45) is 5.92 Å². The molecular weight excluding hydrogens is 474 g/mol. The Morgan fingerprint density at radius 1 is 1.19 bits per heavy atom. The lowest BCUT2D eigenvalue weighted by Gasteiger charge is -2.21. The van der Waals surface area contributed by atoms with Crippen molar-refractivity contribution in [1.82, 2.24) is 20.2 Å². The van der Waals surface area contributed by atoms with Crippen molar-refractivity contribution < 1.29 is 18.3 Å². The minimum Gasteiger partial charge on any atom is -0.486 e. The predicted molar refractivity (Wildman–Crippen MR) is 139 cm³/mol. The molecule has 1 unspecified atom stereocenters. The molecule has 8 heteroatoms. The van der Waals surface area contributed by atoms with Crippen LogP contribution >= 0.6 is 0 Å². The zero-order valence-electron chi connectivity index (χ0n) is 21.0. The molecule has 37 heavy (non-hydrogen) atoms. The second-order valence-corrected chi connectivity index (χ2v) is 9.55. The molecule has 1 atom stereocenters. The Hall–Kier alpha value is -3.65. The maximum Gasteiger partial charge on any atom is 0.148 e. The van der Waals surface area contributed by atoms with Gasteiger partial charge < -0.3 is 9.47 Å². The van der Waals surface area contributed by atoms with E-state index in [1.165, 1.54) is 12.3 Å². The lowest BCUT2D eigenvalue weighted by Crippen LogP contribution is -2.16. The number of H-pyrrole nitrogens is 1.